The topological polar surface area (TPSA) is 62.4 Å². The second kappa shape index (κ2) is 5.03. The van der Waals surface area contributed by atoms with E-state index in [4.69, 9.17) is 4.42 Å². The maximum Gasteiger partial charge on any atom is 0.257 e. The van der Waals surface area contributed by atoms with Crippen molar-refractivity contribution >= 4 is 11.3 Å². The van der Waals surface area contributed by atoms with Gasteiger partial charge in [-0.05, 0) is 31.2 Å². The van der Waals surface area contributed by atoms with Crippen molar-refractivity contribution in [3.63, 3.8) is 0 Å². The molecule has 1 N–H and O–H groups in total. The van der Waals surface area contributed by atoms with Gasteiger partial charge in [0, 0.05) is 13.1 Å². The zero-order valence-corrected chi connectivity index (χ0v) is 11.7. The summed E-state index contributed by atoms with van der Waals surface area (Å²) in [6.45, 7) is 4.29. The van der Waals surface area contributed by atoms with Crippen LogP contribution in [-0.2, 0) is 6.54 Å². The molecule has 3 rings (SSSR count). The number of aliphatic hydroxyl groups is 1. The van der Waals surface area contributed by atoms with E-state index in [1.165, 1.54) is 0 Å². The van der Waals surface area contributed by atoms with E-state index in [1.54, 1.807) is 11.3 Å². The summed E-state index contributed by atoms with van der Waals surface area (Å²) in [5, 5.41) is 20.1. The Morgan fingerprint density at radius 2 is 2.21 bits per heavy atom. The number of piperidine rings is 1. The fourth-order valence-electron chi connectivity index (χ4n) is 2.20. The van der Waals surface area contributed by atoms with Crippen LogP contribution in [0.25, 0.3) is 10.8 Å². The van der Waals surface area contributed by atoms with Crippen LogP contribution in [-0.4, -0.2) is 38.9 Å². The Labute approximate surface area is 115 Å². The van der Waals surface area contributed by atoms with Crippen molar-refractivity contribution in [3.8, 4) is 10.8 Å². The minimum Gasteiger partial charge on any atom is -0.419 e. The molecule has 19 heavy (non-hydrogen) atoms. The number of thiophene rings is 1. The minimum atomic E-state index is -0.520. The number of rotatable bonds is 3. The van der Waals surface area contributed by atoms with Crippen LogP contribution in [0, 0.1) is 0 Å². The standard InChI is InChI=1S/C13H17N3O2S/c1-13(17)4-6-16(7-5-13)9-11-14-15-12(18-11)10-3-2-8-19-10/h2-3,8,17H,4-7,9H2,1H3. The highest BCUT2D eigenvalue weighted by Gasteiger charge is 2.28. The highest BCUT2D eigenvalue weighted by Crippen LogP contribution is 2.25. The Kier molecular flexibility index (Phi) is 3.38. The van der Waals surface area contributed by atoms with E-state index in [1.807, 2.05) is 24.4 Å². The Morgan fingerprint density at radius 1 is 1.42 bits per heavy atom. The predicted molar refractivity (Wildman–Crippen MR) is 72.7 cm³/mol. The normalized spacial score (nSPS) is 19.7. The second-order valence-electron chi connectivity index (χ2n) is 5.25. The molecule has 0 unspecified atom stereocenters. The molecule has 0 aromatic carbocycles. The maximum atomic E-state index is 9.91. The van der Waals surface area contributed by atoms with Crippen molar-refractivity contribution in [1.82, 2.24) is 15.1 Å². The molecule has 0 radical (unpaired) electrons. The highest BCUT2D eigenvalue weighted by atomic mass is 32.1. The lowest BCUT2D eigenvalue weighted by Crippen LogP contribution is -2.42. The van der Waals surface area contributed by atoms with Gasteiger partial charge < -0.3 is 9.52 Å². The Balaban J connectivity index is 1.62. The van der Waals surface area contributed by atoms with Gasteiger partial charge in [0.15, 0.2) is 0 Å². The zero-order valence-electron chi connectivity index (χ0n) is 10.9. The summed E-state index contributed by atoms with van der Waals surface area (Å²) in [4.78, 5) is 3.24. The van der Waals surface area contributed by atoms with E-state index < -0.39 is 5.60 Å². The molecule has 2 aromatic rings. The van der Waals surface area contributed by atoms with E-state index in [9.17, 15) is 5.11 Å². The van der Waals surface area contributed by atoms with Gasteiger partial charge >= 0.3 is 0 Å². The van der Waals surface area contributed by atoms with Crippen LogP contribution in [0.5, 0.6) is 0 Å². The number of likely N-dealkylation sites (tertiary alicyclic amines) is 1. The van der Waals surface area contributed by atoms with Crippen LogP contribution in [0.4, 0.5) is 0 Å². The predicted octanol–water partition coefficient (Wildman–Crippen LogP) is 2.14. The van der Waals surface area contributed by atoms with Crippen molar-refractivity contribution in [1.29, 1.82) is 0 Å². The number of aromatic nitrogens is 2. The molecule has 0 aliphatic carbocycles. The number of hydrogen-bond acceptors (Lipinski definition) is 6. The first kappa shape index (κ1) is 12.8. The summed E-state index contributed by atoms with van der Waals surface area (Å²) in [5.74, 6) is 1.24. The van der Waals surface area contributed by atoms with Crippen LogP contribution in [0.1, 0.15) is 25.7 Å². The Hall–Kier alpha value is -1.24. The van der Waals surface area contributed by atoms with Gasteiger partial charge in [-0.1, -0.05) is 6.07 Å². The monoisotopic (exact) mass is 279 g/mol. The molecule has 5 nitrogen and oxygen atoms in total. The van der Waals surface area contributed by atoms with E-state index in [0.717, 1.165) is 30.8 Å². The fraction of sp³-hybridized carbons (Fsp3) is 0.538. The summed E-state index contributed by atoms with van der Waals surface area (Å²) < 4.78 is 5.67. The average Bonchev–Trinajstić information content (AvgIpc) is 3.02. The average molecular weight is 279 g/mol. The maximum absolute atomic E-state index is 9.91. The van der Waals surface area contributed by atoms with Crippen LogP contribution in [0.3, 0.4) is 0 Å². The van der Waals surface area contributed by atoms with Crippen LogP contribution in [0.15, 0.2) is 21.9 Å². The molecular formula is C13H17N3O2S. The van der Waals surface area contributed by atoms with Crippen molar-refractivity contribution in [2.45, 2.75) is 31.9 Å². The molecule has 0 saturated carbocycles. The smallest absolute Gasteiger partial charge is 0.257 e. The van der Waals surface area contributed by atoms with E-state index in [0.29, 0.717) is 18.3 Å². The van der Waals surface area contributed by atoms with E-state index in [-0.39, 0.29) is 0 Å². The van der Waals surface area contributed by atoms with Gasteiger partial charge in [0.05, 0.1) is 17.0 Å². The summed E-state index contributed by atoms with van der Waals surface area (Å²) >= 11 is 1.59. The SMILES string of the molecule is CC1(O)CCN(Cc2nnc(-c3cccs3)o2)CC1. The summed E-state index contributed by atoms with van der Waals surface area (Å²) in [7, 11) is 0. The molecule has 0 bridgehead atoms. The third-order valence-electron chi connectivity index (χ3n) is 3.49. The Bertz CT molecular complexity index is 526. The molecule has 6 heteroatoms. The molecule has 0 spiro atoms. The minimum absolute atomic E-state index is 0.520. The van der Waals surface area contributed by atoms with Crippen molar-refractivity contribution in [2.75, 3.05) is 13.1 Å². The van der Waals surface area contributed by atoms with Gasteiger partial charge in [0.25, 0.3) is 5.89 Å². The first-order valence-electron chi connectivity index (χ1n) is 6.43. The molecule has 2 aromatic heterocycles. The van der Waals surface area contributed by atoms with Gasteiger partial charge in [0.1, 0.15) is 0 Å². The molecule has 102 valence electrons. The molecule has 1 saturated heterocycles. The molecule has 1 fully saturated rings. The first-order chi connectivity index (χ1) is 9.12. The zero-order chi connectivity index (χ0) is 13.3. The second-order valence-corrected chi connectivity index (χ2v) is 6.20. The van der Waals surface area contributed by atoms with Gasteiger partial charge in [-0.15, -0.1) is 21.5 Å². The van der Waals surface area contributed by atoms with Crippen LogP contribution < -0.4 is 0 Å². The molecule has 1 aliphatic heterocycles. The van der Waals surface area contributed by atoms with Gasteiger partial charge in [-0.3, -0.25) is 4.90 Å². The summed E-state index contributed by atoms with van der Waals surface area (Å²) in [6, 6.07) is 3.94. The van der Waals surface area contributed by atoms with Crippen molar-refractivity contribution in [2.24, 2.45) is 0 Å². The fourth-order valence-corrected chi connectivity index (χ4v) is 2.85. The Morgan fingerprint density at radius 3 is 2.89 bits per heavy atom. The van der Waals surface area contributed by atoms with Crippen molar-refractivity contribution < 1.29 is 9.52 Å². The lowest BCUT2D eigenvalue weighted by Gasteiger charge is -2.34. The lowest BCUT2D eigenvalue weighted by molar-refractivity contribution is -0.00906. The summed E-state index contributed by atoms with van der Waals surface area (Å²) in [6.07, 6.45) is 1.58. The number of nitrogens with zero attached hydrogens (tertiary/aromatic N) is 3. The van der Waals surface area contributed by atoms with Crippen molar-refractivity contribution in [3.05, 3.63) is 23.4 Å². The summed E-state index contributed by atoms with van der Waals surface area (Å²) in [5.41, 5.74) is -0.520. The van der Waals surface area contributed by atoms with Gasteiger partial charge in [-0.2, -0.15) is 0 Å². The molecule has 0 atom stereocenters. The third-order valence-corrected chi connectivity index (χ3v) is 4.35. The molecule has 1 aliphatic rings. The third kappa shape index (κ3) is 3.02. The quantitative estimate of drug-likeness (QED) is 0.932. The lowest BCUT2D eigenvalue weighted by atomic mass is 9.94. The van der Waals surface area contributed by atoms with Crippen LogP contribution in [0.2, 0.25) is 0 Å². The van der Waals surface area contributed by atoms with Gasteiger partial charge in [0.2, 0.25) is 5.89 Å². The van der Waals surface area contributed by atoms with E-state index in [2.05, 4.69) is 15.1 Å². The highest BCUT2D eigenvalue weighted by molar-refractivity contribution is 7.13. The molecule has 0 amide bonds. The molecule has 3 heterocycles. The van der Waals surface area contributed by atoms with E-state index >= 15 is 0 Å². The van der Waals surface area contributed by atoms with Gasteiger partial charge in [-0.25, -0.2) is 0 Å². The first-order valence-corrected chi connectivity index (χ1v) is 7.31. The van der Waals surface area contributed by atoms with Crippen LogP contribution >= 0.6 is 11.3 Å². The largest absolute Gasteiger partial charge is 0.419 e. The molecular weight excluding hydrogens is 262 g/mol. The number of hydrogen-bond donors (Lipinski definition) is 1.